The van der Waals surface area contributed by atoms with Crippen LogP contribution in [-0.2, 0) is 11.0 Å². The normalized spacial score (nSPS) is 12.8. The van der Waals surface area contributed by atoms with Gasteiger partial charge in [0.15, 0.2) is 0 Å². The molecule has 0 aromatic heterocycles. The van der Waals surface area contributed by atoms with E-state index in [1.54, 1.807) is 19.1 Å². The Morgan fingerprint density at radius 2 is 1.45 bits per heavy atom. The Labute approximate surface area is 179 Å². The van der Waals surface area contributed by atoms with Gasteiger partial charge in [0.2, 0.25) is 0 Å². The van der Waals surface area contributed by atoms with Crippen LogP contribution in [0.1, 0.15) is 44.2 Å². The predicted octanol–water partition coefficient (Wildman–Crippen LogP) is 7.90. The summed E-state index contributed by atoms with van der Waals surface area (Å²) in [7, 11) is 0. The lowest BCUT2D eigenvalue weighted by Crippen LogP contribution is -2.12. The molecule has 3 rings (SSSR count). The van der Waals surface area contributed by atoms with Crippen molar-refractivity contribution in [1.29, 1.82) is 0 Å². The van der Waals surface area contributed by atoms with Gasteiger partial charge in [-0.3, -0.25) is 4.79 Å². The van der Waals surface area contributed by atoms with Gasteiger partial charge in [-0.1, -0.05) is 50.2 Å². The third-order valence-corrected chi connectivity index (χ3v) is 5.26. The largest absolute Gasteiger partial charge is 0.416 e. The van der Waals surface area contributed by atoms with Crippen molar-refractivity contribution < 1.29 is 22.4 Å². The molecule has 3 aromatic rings. The fraction of sp³-hybridized carbons (Fsp3) is 0.269. The van der Waals surface area contributed by atoms with E-state index in [1.807, 2.05) is 32.0 Å². The molecule has 0 saturated carbocycles. The second-order valence-corrected chi connectivity index (χ2v) is 8.22. The van der Waals surface area contributed by atoms with Gasteiger partial charge >= 0.3 is 6.18 Å². The zero-order valence-corrected chi connectivity index (χ0v) is 17.6. The molecule has 0 heterocycles. The molecule has 1 atom stereocenters. The molecule has 162 valence electrons. The lowest BCUT2D eigenvalue weighted by atomic mass is 9.84. The lowest BCUT2D eigenvalue weighted by molar-refractivity contribution is -0.137. The van der Waals surface area contributed by atoms with E-state index in [0.717, 1.165) is 17.7 Å². The van der Waals surface area contributed by atoms with Crippen LogP contribution in [0.25, 0.3) is 22.3 Å². The van der Waals surface area contributed by atoms with Gasteiger partial charge in [0.1, 0.15) is 11.6 Å². The van der Waals surface area contributed by atoms with Crippen molar-refractivity contribution in [3.63, 3.8) is 0 Å². The molecule has 3 aromatic carbocycles. The Bertz CT molecular complexity index is 1070. The van der Waals surface area contributed by atoms with Crippen molar-refractivity contribution in [2.24, 2.45) is 5.92 Å². The Morgan fingerprint density at radius 1 is 0.839 bits per heavy atom. The maximum atomic E-state index is 13.8. The van der Waals surface area contributed by atoms with Gasteiger partial charge in [-0.25, -0.2) is 4.39 Å². The monoisotopic (exact) mass is 428 g/mol. The fourth-order valence-corrected chi connectivity index (χ4v) is 3.71. The molecule has 0 amide bonds. The summed E-state index contributed by atoms with van der Waals surface area (Å²) in [6.07, 6.45) is -3.77. The number of hydrogen-bond donors (Lipinski definition) is 0. The maximum absolute atomic E-state index is 13.8. The van der Waals surface area contributed by atoms with E-state index >= 15 is 0 Å². The first-order valence-corrected chi connectivity index (χ1v) is 10.1. The van der Waals surface area contributed by atoms with Crippen molar-refractivity contribution in [3.05, 3.63) is 83.7 Å². The number of carbonyl (C=O) groups is 1. The zero-order chi connectivity index (χ0) is 22.8. The van der Waals surface area contributed by atoms with Gasteiger partial charge in [0.05, 0.1) is 5.56 Å². The summed E-state index contributed by atoms with van der Waals surface area (Å²) in [4.78, 5) is 12.4. The highest BCUT2D eigenvalue weighted by molar-refractivity contribution is 5.85. The van der Waals surface area contributed by atoms with E-state index in [1.165, 1.54) is 24.3 Å². The summed E-state index contributed by atoms with van der Waals surface area (Å²) in [6, 6.07) is 16.6. The van der Waals surface area contributed by atoms with E-state index in [4.69, 9.17) is 0 Å². The Morgan fingerprint density at radius 3 is 1.97 bits per heavy atom. The lowest BCUT2D eigenvalue weighted by Gasteiger charge is -2.19. The number of alkyl halides is 3. The molecule has 0 saturated heterocycles. The van der Waals surface area contributed by atoms with Crippen molar-refractivity contribution >= 4 is 5.78 Å². The van der Waals surface area contributed by atoms with E-state index < -0.39 is 11.7 Å². The van der Waals surface area contributed by atoms with Crippen molar-refractivity contribution in [3.8, 4) is 22.3 Å². The summed E-state index contributed by atoms with van der Waals surface area (Å²) in [5, 5.41) is 0. The molecule has 31 heavy (non-hydrogen) atoms. The Kier molecular flexibility index (Phi) is 6.63. The molecule has 0 aliphatic heterocycles. The fourth-order valence-electron chi connectivity index (χ4n) is 3.71. The first-order chi connectivity index (χ1) is 14.5. The number of ketones is 1. The number of hydrogen-bond acceptors (Lipinski definition) is 1. The molecule has 0 bridgehead atoms. The van der Waals surface area contributed by atoms with E-state index in [-0.39, 0.29) is 23.4 Å². The van der Waals surface area contributed by atoms with Crippen molar-refractivity contribution in [2.45, 2.75) is 39.3 Å². The summed E-state index contributed by atoms with van der Waals surface area (Å²) in [6.45, 7) is 5.60. The van der Waals surface area contributed by atoms with Gasteiger partial charge in [-0.15, -0.1) is 0 Å². The molecule has 5 heteroatoms. The van der Waals surface area contributed by atoms with Crippen LogP contribution in [0.3, 0.4) is 0 Å². The molecule has 0 spiro atoms. The molecule has 0 radical (unpaired) electrons. The molecule has 1 unspecified atom stereocenters. The van der Waals surface area contributed by atoms with Gasteiger partial charge in [-0.2, -0.15) is 13.2 Å². The quantitative estimate of drug-likeness (QED) is 0.365. The van der Waals surface area contributed by atoms with Gasteiger partial charge in [-0.05, 0) is 77.4 Å². The van der Waals surface area contributed by atoms with Crippen LogP contribution in [0.4, 0.5) is 17.6 Å². The van der Waals surface area contributed by atoms with E-state index in [2.05, 4.69) is 0 Å². The molecule has 0 aliphatic carbocycles. The van der Waals surface area contributed by atoms with Crippen molar-refractivity contribution in [1.82, 2.24) is 0 Å². The SMILES string of the molecule is CC(=O)C(CC(C)C)c1cc(-c2ccc(C(F)(F)F)cc2)cc(-c2cccc(F)c2)c1. The highest BCUT2D eigenvalue weighted by atomic mass is 19.4. The van der Waals surface area contributed by atoms with Crippen LogP contribution >= 0.6 is 0 Å². The number of rotatable bonds is 6. The first-order valence-electron chi connectivity index (χ1n) is 10.1. The Balaban J connectivity index is 2.16. The average Bonchev–Trinajstić information content (AvgIpc) is 2.71. The minimum absolute atomic E-state index is 0.0171. The third kappa shape index (κ3) is 5.60. The standard InChI is InChI=1S/C26H24F4O/c1-16(2)11-25(17(3)31)22-13-20(18-7-9-23(10-8-18)26(28,29)30)12-21(14-22)19-5-4-6-24(27)15-19/h4-10,12-16,25H,11H2,1-3H3. The number of halogens is 4. The van der Waals surface area contributed by atoms with Gasteiger partial charge < -0.3 is 0 Å². The second kappa shape index (κ2) is 9.04. The van der Waals surface area contributed by atoms with E-state index in [0.29, 0.717) is 28.7 Å². The van der Waals surface area contributed by atoms with E-state index in [9.17, 15) is 22.4 Å². The highest BCUT2D eigenvalue weighted by Gasteiger charge is 2.30. The first kappa shape index (κ1) is 22.7. The van der Waals surface area contributed by atoms with Crippen LogP contribution in [0.5, 0.6) is 0 Å². The van der Waals surface area contributed by atoms with Crippen LogP contribution in [0, 0.1) is 11.7 Å². The van der Waals surface area contributed by atoms with Crippen LogP contribution in [0.2, 0.25) is 0 Å². The van der Waals surface area contributed by atoms with Crippen LogP contribution < -0.4 is 0 Å². The minimum Gasteiger partial charge on any atom is -0.299 e. The van der Waals surface area contributed by atoms with Crippen LogP contribution in [-0.4, -0.2) is 5.78 Å². The molecule has 0 aliphatic rings. The summed E-state index contributed by atoms with van der Waals surface area (Å²) < 4.78 is 52.7. The highest BCUT2D eigenvalue weighted by Crippen LogP contribution is 2.36. The summed E-state index contributed by atoms with van der Waals surface area (Å²) in [5.74, 6) is -0.435. The van der Waals surface area contributed by atoms with Gasteiger partial charge in [0.25, 0.3) is 0 Å². The maximum Gasteiger partial charge on any atom is 0.416 e. The molecular weight excluding hydrogens is 404 g/mol. The van der Waals surface area contributed by atoms with Crippen LogP contribution in [0.15, 0.2) is 66.7 Å². The molecule has 0 fully saturated rings. The van der Waals surface area contributed by atoms with Gasteiger partial charge in [0, 0.05) is 5.92 Å². The topological polar surface area (TPSA) is 17.1 Å². The second-order valence-electron chi connectivity index (χ2n) is 8.22. The smallest absolute Gasteiger partial charge is 0.299 e. The Hall–Kier alpha value is -2.95. The molecule has 1 nitrogen and oxygen atoms in total. The number of carbonyl (C=O) groups excluding carboxylic acids is 1. The van der Waals surface area contributed by atoms with Crippen molar-refractivity contribution in [2.75, 3.05) is 0 Å². The number of Topliss-reactive ketones (excluding diaryl/α,β-unsaturated/α-hetero) is 1. The minimum atomic E-state index is -4.41. The summed E-state index contributed by atoms with van der Waals surface area (Å²) >= 11 is 0. The average molecular weight is 428 g/mol. The summed E-state index contributed by atoms with van der Waals surface area (Å²) in [5.41, 5.74) is 2.68. The zero-order valence-electron chi connectivity index (χ0n) is 17.6. The number of benzene rings is 3. The molecule has 0 N–H and O–H groups in total. The predicted molar refractivity (Wildman–Crippen MR) is 115 cm³/mol. The third-order valence-electron chi connectivity index (χ3n) is 5.26. The molecular formula is C26H24F4O.